The minimum Gasteiger partial charge on any atom is -0.397 e. The van der Waals surface area contributed by atoms with Gasteiger partial charge in [0.05, 0.1) is 16.3 Å². The molecule has 0 aromatic carbocycles. The van der Waals surface area contributed by atoms with Crippen LogP contribution in [0, 0.1) is 25.7 Å². The molecular weight excluding hydrogens is 374 g/mol. The summed E-state index contributed by atoms with van der Waals surface area (Å²) in [6.07, 6.45) is 2.86. The molecule has 0 bridgehead atoms. The van der Waals surface area contributed by atoms with Crippen molar-refractivity contribution in [1.82, 2.24) is 25.1 Å². The second-order valence-corrected chi connectivity index (χ2v) is 8.80. The van der Waals surface area contributed by atoms with E-state index in [1.807, 2.05) is 19.9 Å². The normalized spacial score (nSPS) is 23.5. The van der Waals surface area contributed by atoms with E-state index < -0.39 is 6.23 Å². The van der Waals surface area contributed by atoms with Crippen LogP contribution < -0.4 is 10.6 Å². The molecule has 3 atom stereocenters. The zero-order valence-corrected chi connectivity index (χ0v) is 16.7. The Balaban J connectivity index is 1.35. The van der Waals surface area contributed by atoms with Crippen LogP contribution in [0.3, 0.4) is 0 Å². The van der Waals surface area contributed by atoms with Crippen molar-refractivity contribution < 1.29 is 5.11 Å². The quantitative estimate of drug-likeness (QED) is 0.689. The lowest BCUT2D eigenvalue weighted by Crippen LogP contribution is -2.32. The Hall–Kier alpha value is -2.36. The largest absolute Gasteiger partial charge is 0.397 e. The lowest BCUT2D eigenvalue weighted by molar-refractivity contribution is 0.0176. The van der Waals surface area contributed by atoms with Gasteiger partial charge in [0.2, 0.25) is 5.95 Å². The molecule has 2 aliphatic rings. The fraction of sp³-hybridized carbons (Fsp3) is 0.474. The van der Waals surface area contributed by atoms with Gasteiger partial charge >= 0.3 is 0 Å². The van der Waals surface area contributed by atoms with Gasteiger partial charge in [0.1, 0.15) is 11.1 Å². The molecule has 3 N–H and O–H groups in total. The number of likely N-dealkylation sites (tertiary alicyclic amines) is 1. The Morgan fingerprint density at radius 1 is 1.11 bits per heavy atom. The van der Waals surface area contributed by atoms with Crippen LogP contribution in [0.25, 0.3) is 10.2 Å². The number of nitrogens with zero attached hydrogens (tertiary/aromatic N) is 6. The second-order valence-electron chi connectivity index (χ2n) is 7.77. The van der Waals surface area contributed by atoms with Crippen LogP contribution in [0.4, 0.5) is 11.6 Å². The number of aliphatic hydroxyl groups is 1. The van der Waals surface area contributed by atoms with Crippen molar-refractivity contribution in [1.29, 1.82) is 0 Å². The van der Waals surface area contributed by atoms with Crippen LogP contribution in [0.5, 0.6) is 0 Å². The van der Waals surface area contributed by atoms with Crippen molar-refractivity contribution in [2.75, 3.05) is 36.8 Å². The Bertz CT molecular complexity index is 1010. The smallest absolute Gasteiger partial charge is 0.225 e. The summed E-state index contributed by atoms with van der Waals surface area (Å²) in [5, 5.41) is 20.5. The summed E-state index contributed by atoms with van der Waals surface area (Å²) in [6.45, 7) is 7.46. The van der Waals surface area contributed by atoms with Gasteiger partial charge in [-0.25, -0.2) is 9.97 Å². The van der Waals surface area contributed by atoms with Gasteiger partial charge in [-0.05, 0) is 37.3 Å². The van der Waals surface area contributed by atoms with Gasteiger partial charge in [-0.1, -0.05) is 0 Å². The molecule has 2 aliphatic heterocycles. The summed E-state index contributed by atoms with van der Waals surface area (Å²) in [5.74, 6) is 1.79. The number of hydrogen-bond acceptors (Lipinski definition) is 9. The Kier molecular flexibility index (Phi) is 4.18. The first-order valence-electron chi connectivity index (χ1n) is 9.48. The first-order valence-corrected chi connectivity index (χ1v) is 10.3. The van der Waals surface area contributed by atoms with E-state index in [4.69, 9.17) is 5.73 Å². The van der Waals surface area contributed by atoms with Crippen LogP contribution in [0.15, 0.2) is 18.5 Å². The number of aliphatic hydroxyl groups excluding tert-OH is 1. The summed E-state index contributed by atoms with van der Waals surface area (Å²) in [7, 11) is 0. The maximum atomic E-state index is 11.1. The van der Waals surface area contributed by atoms with Gasteiger partial charge in [-0.2, -0.15) is 5.10 Å². The van der Waals surface area contributed by atoms with Gasteiger partial charge in [0, 0.05) is 44.0 Å². The molecule has 0 spiro atoms. The minimum absolute atomic E-state index is 0.498. The highest BCUT2D eigenvalue weighted by Crippen LogP contribution is 2.42. The molecule has 0 aliphatic carbocycles. The summed E-state index contributed by atoms with van der Waals surface area (Å²) in [6, 6.07) is 1.83. The molecule has 5 heterocycles. The van der Waals surface area contributed by atoms with E-state index >= 15 is 0 Å². The van der Waals surface area contributed by atoms with Gasteiger partial charge in [0.15, 0.2) is 0 Å². The molecule has 28 heavy (non-hydrogen) atoms. The van der Waals surface area contributed by atoms with Crippen molar-refractivity contribution in [3.05, 3.63) is 34.6 Å². The van der Waals surface area contributed by atoms with Crippen LogP contribution >= 0.6 is 11.3 Å². The van der Waals surface area contributed by atoms with Crippen molar-refractivity contribution in [2.45, 2.75) is 20.1 Å². The highest BCUT2D eigenvalue weighted by Gasteiger charge is 2.43. The molecule has 5 rings (SSSR count). The molecule has 146 valence electrons. The Morgan fingerprint density at radius 2 is 1.79 bits per heavy atom. The molecule has 3 aromatic heterocycles. The summed E-state index contributed by atoms with van der Waals surface area (Å²) in [4.78, 5) is 14.7. The maximum absolute atomic E-state index is 11.1. The number of fused-ring (bicyclic) bond motifs is 2. The molecule has 2 saturated heterocycles. The monoisotopic (exact) mass is 397 g/mol. The molecule has 0 radical (unpaired) electrons. The molecular formula is C19H23N7OS. The number of nitrogen functional groups attached to an aromatic ring is 1. The van der Waals surface area contributed by atoms with Crippen LogP contribution in [-0.2, 0) is 0 Å². The molecule has 3 unspecified atom stereocenters. The van der Waals surface area contributed by atoms with Crippen LogP contribution in [-0.4, -0.2) is 56.4 Å². The molecule has 2 fully saturated rings. The van der Waals surface area contributed by atoms with Gasteiger partial charge in [-0.15, -0.1) is 16.4 Å². The molecule has 3 aromatic rings. The maximum Gasteiger partial charge on any atom is 0.225 e. The number of anilines is 2. The number of thiophene rings is 1. The summed E-state index contributed by atoms with van der Waals surface area (Å²) < 4.78 is 0. The summed E-state index contributed by atoms with van der Waals surface area (Å²) in [5.41, 5.74) is 8.97. The van der Waals surface area contributed by atoms with Crippen LogP contribution in [0.2, 0.25) is 0 Å². The molecule has 0 amide bonds. The SMILES string of the molecule is Cc1nnc2sc(C(O)N3CC4CN(c5ncccn5)CC4C3)c(N)c2c1C. The van der Waals surface area contributed by atoms with Crippen molar-refractivity contribution >= 4 is 33.2 Å². The van der Waals surface area contributed by atoms with Crippen molar-refractivity contribution in [3.8, 4) is 0 Å². The topological polar surface area (TPSA) is 104 Å². The second kappa shape index (κ2) is 6.61. The third-order valence-electron chi connectivity index (χ3n) is 6.09. The Morgan fingerprint density at radius 3 is 2.46 bits per heavy atom. The number of hydrogen-bond donors (Lipinski definition) is 2. The minimum atomic E-state index is -0.703. The molecule has 8 nitrogen and oxygen atoms in total. The van der Waals surface area contributed by atoms with Gasteiger partial charge in [0.25, 0.3) is 0 Å². The first-order chi connectivity index (χ1) is 13.5. The number of rotatable bonds is 3. The van der Waals surface area contributed by atoms with E-state index in [1.54, 1.807) is 12.4 Å². The lowest BCUT2D eigenvalue weighted by atomic mass is 10.0. The third-order valence-corrected chi connectivity index (χ3v) is 7.22. The van der Waals surface area contributed by atoms with Crippen molar-refractivity contribution in [2.24, 2.45) is 11.8 Å². The highest BCUT2D eigenvalue weighted by molar-refractivity contribution is 7.19. The third kappa shape index (κ3) is 2.73. The first kappa shape index (κ1) is 17.7. The van der Waals surface area contributed by atoms with E-state index in [0.717, 1.165) is 58.5 Å². The Labute approximate surface area is 167 Å². The van der Waals surface area contributed by atoms with Crippen LogP contribution in [0.1, 0.15) is 22.4 Å². The molecule has 0 saturated carbocycles. The predicted octanol–water partition coefficient (Wildman–Crippen LogP) is 1.74. The lowest BCUT2D eigenvalue weighted by Gasteiger charge is -2.25. The highest BCUT2D eigenvalue weighted by atomic mass is 32.1. The van der Waals surface area contributed by atoms with Gasteiger partial charge in [-0.3, -0.25) is 4.90 Å². The van der Waals surface area contributed by atoms with E-state index in [2.05, 4.69) is 30.0 Å². The van der Waals surface area contributed by atoms with E-state index in [1.165, 1.54) is 11.3 Å². The number of aromatic nitrogens is 4. The fourth-order valence-electron chi connectivity index (χ4n) is 4.46. The fourth-order valence-corrected chi connectivity index (χ4v) is 5.58. The average Bonchev–Trinajstić information content (AvgIpc) is 3.37. The zero-order chi connectivity index (χ0) is 19.4. The number of nitrogens with two attached hydrogens (primary N) is 1. The standard InChI is InChI=1S/C19H23N7OS/c1-10-11(2)23-24-17-14(10)15(20)16(28-17)18(27)25-6-12-8-26(9-13(12)7-25)19-21-4-3-5-22-19/h3-5,12-13,18,27H,6-9,20H2,1-2H3. The molecule has 9 heteroatoms. The predicted molar refractivity (Wildman–Crippen MR) is 109 cm³/mol. The zero-order valence-electron chi connectivity index (χ0n) is 15.9. The van der Waals surface area contributed by atoms with E-state index in [9.17, 15) is 5.11 Å². The summed E-state index contributed by atoms with van der Waals surface area (Å²) >= 11 is 1.45. The van der Waals surface area contributed by atoms with E-state index in [0.29, 0.717) is 17.5 Å². The van der Waals surface area contributed by atoms with Crippen molar-refractivity contribution in [3.63, 3.8) is 0 Å². The number of aryl methyl sites for hydroxylation is 2. The van der Waals surface area contributed by atoms with Gasteiger partial charge < -0.3 is 15.7 Å². The van der Waals surface area contributed by atoms with E-state index in [-0.39, 0.29) is 0 Å². The average molecular weight is 398 g/mol.